The van der Waals surface area contributed by atoms with Crippen LogP contribution >= 0.6 is 11.6 Å². The maximum Gasteiger partial charge on any atom is 0.267 e. The third-order valence-electron chi connectivity index (χ3n) is 3.44. The Morgan fingerprint density at radius 1 is 1.15 bits per heavy atom. The first kappa shape index (κ1) is 18.2. The first-order valence-corrected chi connectivity index (χ1v) is 9.26. The number of nitrogens with zero attached hydrogens (tertiary/aromatic N) is 2. The van der Waals surface area contributed by atoms with E-state index in [0.29, 0.717) is 11.5 Å². The van der Waals surface area contributed by atoms with E-state index < -0.39 is 15.8 Å². The lowest BCUT2D eigenvalue weighted by molar-refractivity contribution is 0.390. The van der Waals surface area contributed by atoms with Crippen LogP contribution in [-0.2, 0) is 10.0 Å². The van der Waals surface area contributed by atoms with Crippen LogP contribution in [0, 0.1) is 19.7 Å². The molecular formula is C16H14ClFN4O3S. The van der Waals surface area contributed by atoms with Crippen LogP contribution < -0.4 is 10.0 Å². The Balaban J connectivity index is 1.76. The Morgan fingerprint density at radius 3 is 2.46 bits per heavy atom. The highest BCUT2D eigenvalue weighted by Gasteiger charge is 2.24. The van der Waals surface area contributed by atoms with Crippen LogP contribution in [0.2, 0.25) is 5.02 Å². The van der Waals surface area contributed by atoms with Gasteiger partial charge < -0.3 is 9.84 Å². The van der Waals surface area contributed by atoms with Gasteiger partial charge >= 0.3 is 0 Å². The molecule has 0 saturated carbocycles. The van der Waals surface area contributed by atoms with Gasteiger partial charge in [-0.3, -0.25) is 4.72 Å². The predicted octanol–water partition coefficient (Wildman–Crippen LogP) is 4.02. The molecule has 10 heteroatoms. The molecule has 0 radical (unpaired) electrons. The van der Waals surface area contributed by atoms with E-state index in [1.54, 1.807) is 13.0 Å². The number of benzene rings is 1. The molecule has 0 unspecified atom stereocenters. The van der Waals surface area contributed by atoms with Crippen molar-refractivity contribution in [3.05, 3.63) is 58.8 Å². The summed E-state index contributed by atoms with van der Waals surface area (Å²) in [5.74, 6) is 0.122. The van der Waals surface area contributed by atoms with Gasteiger partial charge in [-0.25, -0.2) is 17.8 Å². The van der Waals surface area contributed by atoms with Crippen LogP contribution in [0.3, 0.4) is 0 Å². The zero-order chi connectivity index (χ0) is 18.9. The highest BCUT2D eigenvalue weighted by Crippen LogP contribution is 2.24. The number of pyridine rings is 1. The number of anilines is 3. The molecule has 2 aromatic heterocycles. The molecule has 26 heavy (non-hydrogen) atoms. The van der Waals surface area contributed by atoms with Crippen molar-refractivity contribution in [1.29, 1.82) is 0 Å². The monoisotopic (exact) mass is 396 g/mol. The highest BCUT2D eigenvalue weighted by atomic mass is 35.5. The molecule has 1 aromatic carbocycles. The average molecular weight is 397 g/mol. The molecule has 0 aliphatic heterocycles. The Labute approximate surface area is 154 Å². The molecule has 7 nitrogen and oxygen atoms in total. The lowest BCUT2D eigenvalue weighted by Gasteiger charge is -2.09. The summed E-state index contributed by atoms with van der Waals surface area (Å²) in [6.07, 6.45) is 1.35. The number of hydrogen-bond acceptors (Lipinski definition) is 6. The maximum absolute atomic E-state index is 13.2. The summed E-state index contributed by atoms with van der Waals surface area (Å²) in [6, 6.07) is 7.28. The van der Waals surface area contributed by atoms with Crippen molar-refractivity contribution in [3.8, 4) is 0 Å². The van der Waals surface area contributed by atoms with Crippen molar-refractivity contribution >= 4 is 38.8 Å². The standard InChI is InChI=1S/C16H14ClFN4O3S/c1-9-16(10(2)25-21-9)26(23,24)22-12-4-6-15(19-8-12)20-11-3-5-14(18)13(17)7-11/h3-8,22H,1-2H3,(H,19,20). The summed E-state index contributed by atoms with van der Waals surface area (Å²) in [5, 5.41) is 6.57. The Bertz CT molecular complexity index is 1030. The van der Waals surface area contributed by atoms with Gasteiger partial charge in [0, 0.05) is 5.69 Å². The molecule has 0 spiro atoms. The zero-order valence-electron chi connectivity index (χ0n) is 13.7. The van der Waals surface area contributed by atoms with Gasteiger partial charge in [0.25, 0.3) is 10.0 Å². The van der Waals surface area contributed by atoms with Crippen LogP contribution in [-0.4, -0.2) is 18.6 Å². The molecule has 0 atom stereocenters. The van der Waals surface area contributed by atoms with Gasteiger partial charge in [-0.1, -0.05) is 16.8 Å². The molecule has 0 aliphatic rings. The first-order chi connectivity index (χ1) is 12.3. The number of rotatable bonds is 5. The number of halogens is 2. The smallest absolute Gasteiger partial charge is 0.267 e. The van der Waals surface area contributed by atoms with Crippen LogP contribution in [0.5, 0.6) is 0 Å². The van der Waals surface area contributed by atoms with E-state index >= 15 is 0 Å². The number of aromatic nitrogens is 2. The average Bonchev–Trinajstić information content (AvgIpc) is 2.92. The lowest BCUT2D eigenvalue weighted by atomic mass is 10.3. The molecule has 0 amide bonds. The van der Waals surface area contributed by atoms with Crippen molar-refractivity contribution in [1.82, 2.24) is 10.1 Å². The van der Waals surface area contributed by atoms with Gasteiger partial charge in [0.05, 0.1) is 16.9 Å². The second kappa shape index (κ2) is 6.93. The minimum Gasteiger partial charge on any atom is -0.360 e. The van der Waals surface area contributed by atoms with Crippen molar-refractivity contribution in [2.24, 2.45) is 0 Å². The molecule has 0 bridgehead atoms. The van der Waals surface area contributed by atoms with E-state index in [1.165, 1.54) is 37.4 Å². The number of sulfonamides is 1. The molecular weight excluding hydrogens is 383 g/mol. The van der Waals surface area contributed by atoms with Crippen LogP contribution in [0.4, 0.5) is 21.6 Å². The fourth-order valence-electron chi connectivity index (χ4n) is 2.31. The summed E-state index contributed by atoms with van der Waals surface area (Å²) >= 11 is 5.73. The van der Waals surface area contributed by atoms with Crippen molar-refractivity contribution in [2.75, 3.05) is 10.0 Å². The molecule has 3 rings (SSSR count). The van der Waals surface area contributed by atoms with Gasteiger partial charge in [0.1, 0.15) is 17.3 Å². The van der Waals surface area contributed by atoms with Crippen LogP contribution in [0.25, 0.3) is 0 Å². The highest BCUT2D eigenvalue weighted by molar-refractivity contribution is 7.92. The molecule has 3 aromatic rings. The van der Waals surface area contributed by atoms with Gasteiger partial charge in [-0.15, -0.1) is 0 Å². The largest absolute Gasteiger partial charge is 0.360 e. The fourth-order valence-corrected chi connectivity index (χ4v) is 3.87. The first-order valence-electron chi connectivity index (χ1n) is 7.40. The molecule has 0 fully saturated rings. The Hall–Kier alpha value is -2.65. The molecule has 2 N–H and O–H groups in total. The van der Waals surface area contributed by atoms with Gasteiger partial charge in [-0.05, 0) is 44.2 Å². The van der Waals surface area contributed by atoms with Crippen LogP contribution in [0.1, 0.15) is 11.5 Å². The second-order valence-electron chi connectivity index (χ2n) is 5.44. The summed E-state index contributed by atoms with van der Waals surface area (Å²) in [4.78, 5) is 4.12. The SMILES string of the molecule is Cc1noc(C)c1S(=O)(=O)Nc1ccc(Nc2ccc(F)c(Cl)c2)nc1. The lowest BCUT2D eigenvalue weighted by Crippen LogP contribution is -2.14. The van der Waals surface area contributed by atoms with Crippen molar-refractivity contribution in [2.45, 2.75) is 18.7 Å². The third kappa shape index (κ3) is 3.78. The van der Waals surface area contributed by atoms with E-state index in [-0.39, 0.29) is 27.1 Å². The van der Waals surface area contributed by atoms with Gasteiger partial charge in [0.15, 0.2) is 10.7 Å². The summed E-state index contributed by atoms with van der Waals surface area (Å²) in [6.45, 7) is 3.07. The predicted molar refractivity (Wildman–Crippen MR) is 95.7 cm³/mol. The maximum atomic E-state index is 13.2. The summed E-state index contributed by atoms with van der Waals surface area (Å²) in [5.41, 5.74) is 1.09. The van der Waals surface area contributed by atoms with E-state index in [4.69, 9.17) is 16.1 Å². The summed E-state index contributed by atoms with van der Waals surface area (Å²) in [7, 11) is -3.84. The van der Waals surface area contributed by atoms with Gasteiger partial charge in [0.2, 0.25) is 0 Å². The third-order valence-corrected chi connectivity index (χ3v) is 5.36. The Kier molecular flexibility index (Phi) is 4.84. The number of nitrogens with one attached hydrogen (secondary N) is 2. The normalized spacial score (nSPS) is 11.4. The fraction of sp³-hybridized carbons (Fsp3) is 0.125. The van der Waals surface area contributed by atoms with Crippen LogP contribution in [0.15, 0.2) is 45.9 Å². The van der Waals surface area contributed by atoms with E-state index in [1.807, 2.05) is 0 Å². The number of hydrogen-bond donors (Lipinski definition) is 2. The topological polar surface area (TPSA) is 97.1 Å². The number of aryl methyl sites for hydroxylation is 2. The Morgan fingerprint density at radius 2 is 1.88 bits per heavy atom. The zero-order valence-corrected chi connectivity index (χ0v) is 15.3. The minimum absolute atomic E-state index is 0.000607. The van der Waals surface area contributed by atoms with Crippen molar-refractivity contribution < 1.29 is 17.3 Å². The van der Waals surface area contributed by atoms with E-state index in [0.717, 1.165) is 0 Å². The minimum atomic E-state index is -3.84. The summed E-state index contributed by atoms with van der Waals surface area (Å²) < 4.78 is 45.4. The molecule has 0 saturated heterocycles. The molecule has 0 aliphatic carbocycles. The quantitative estimate of drug-likeness (QED) is 0.676. The van der Waals surface area contributed by atoms with Crippen molar-refractivity contribution in [3.63, 3.8) is 0 Å². The van der Waals surface area contributed by atoms with E-state index in [2.05, 4.69) is 20.2 Å². The molecule has 136 valence electrons. The van der Waals surface area contributed by atoms with E-state index in [9.17, 15) is 12.8 Å². The second-order valence-corrected chi connectivity index (χ2v) is 7.47. The van der Waals surface area contributed by atoms with Gasteiger partial charge in [-0.2, -0.15) is 0 Å². The molecule has 2 heterocycles.